The van der Waals surface area contributed by atoms with Gasteiger partial charge in [-0.15, -0.1) is 11.3 Å². The van der Waals surface area contributed by atoms with Gasteiger partial charge < -0.3 is 15.5 Å². The summed E-state index contributed by atoms with van der Waals surface area (Å²) in [6, 6.07) is 18.5. The van der Waals surface area contributed by atoms with Crippen molar-refractivity contribution in [3.8, 4) is 0 Å². The lowest BCUT2D eigenvalue weighted by Gasteiger charge is -2.27. The third kappa shape index (κ3) is 6.49. The van der Waals surface area contributed by atoms with Crippen molar-refractivity contribution in [1.29, 1.82) is 0 Å². The minimum absolute atomic E-state index is 0.0846. The van der Waals surface area contributed by atoms with E-state index in [4.69, 9.17) is 0 Å². The average Bonchev–Trinajstić information content (AvgIpc) is 3.36. The van der Waals surface area contributed by atoms with Crippen molar-refractivity contribution in [1.82, 2.24) is 9.88 Å². The summed E-state index contributed by atoms with van der Waals surface area (Å²) in [5.41, 5.74) is 5.15. The number of rotatable bonds is 7. The SMILES string of the molecule is Cc1ccc(C)c(NC(=O)CSc2nc3ccc(NC(=O)c4ccccc4C(=O)N4CCCCC4)cc3s2)c1. The molecule has 0 atom stereocenters. The van der Waals surface area contributed by atoms with Crippen LogP contribution in [-0.2, 0) is 4.79 Å². The van der Waals surface area contributed by atoms with E-state index in [1.54, 1.807) is 30.3 Å². The zero-order valence-electron chi connectivity index (χ0n) is 22.0. The summed E-state index contributed by atoms with van der Waals surface area (Å²) in [6.45, 7) is 5.42. The number of fused-ring (bicyclic) bond motifs is 1. The van der Waals surface area contributed by atoms with Crippen LogP contribution in [0, 0.1) is 13.8 Å². The van der Waals surface area contributed by atoms with Crippen LogP contribution in [0.4, 0.5) is 11.4 Å². The highest BCUT2D eigenvalue weighted by molar-refractivity contribution is 8.01. The Balaban J connectivity index is 1.24. The van der Waals surface area contributed by atoms with Crippen molar-refractivity contribution < 1.29 is 14.4 Å². The van der Waals surface area contributed by atoms with Gasteiger partial charge in [-0.05, 0) is 80.6 Å². The lowest BCUT2D eigenvalue weighted by atomic mass is 10.0. The fourth-order valence-electron chi connectivity index (χ4n) is 4.56. The molecular weight excluding hydrogens is 528 g/mol. The van der Waals surface area contributed by atoms with Gasteiger partial charge in [-0.1, -0.05) is 36.0 Å². The molecule has 5 rings (SSSR count). The van der Waals surface area contributed by atoms with Crippen molar-refractivity contribution >= 4 is 62.4 Å². The molecule has 1 saturated heterocycles. The Kier molecular flexibility index (Phi) is 8.28. The molecule has 0 radical (unpaired) electrons. The van der Waals surface area contributed by atoms with Gasteiger partial charge in [0, 0.05) is 24.5 Å². The standard InChI is InChI=1S/C30H30N4O3S2/c1-19-10-11-20(2)25(16-19)32-27(35)18-38-30-33-24-13-12-21(17-26(24)39-30)31-28(36)22-8-4-5-9-23(22)29(37)34-14-6-3-7-15-34/h4-5,8-13,16-17H,3,6-7,14-15,18H2,1-2H3,(H,31,36)(H,32,35). The number of benzene rings is 3. The molecule has 0 saturated carbocycles. The Morgan fingerprint density at radius 3 is 2.49 bits per heavy atom. The first-order chi connectivity index (χ1) is 18.9. The monoisotopic (exact) mass is 558 g/mol. The molecule has 1 fully saturated rings. The van der Waals surface area contributed by atoms with E-state index in [1.807, 2.05) is 49.1 Å². The van der Waals surface area contributed by atoms with Crippen LogP contribution in [-0.4, -0.2) is 46.4 Å². The molecule has 2 N–H and O–H groups in total. The first-order valence-electron chi connectivity index (χ1n) is 13.0. The second kappa shape index (κ2) is 12.0. The minimum atomic E-state index is -0.322. The van der Waals surface area contributed by atoms with Crippen LogP contribution < -0.4 is 10.6 Å². The maximum absolute atomic E-state index is 13.2. The quantitative estimate of drug-likeness (QED) is 0.252. The number of hydrogen-bond donors (Lipinski definition) is 2. The maximum Gasteiger partial charge on any atom is 0.256 e. The van der Waals surface area contributed by atoms with E-state index in [1.165, 1.54) is 23.1 Å². The zero-order chi connectivity index (χ0) is 27.4. The van der Waals surface area contributed by atoms with E-state index >= 15 is 0 Å². The van der Waals surface area contributed by atoms with E-state index in [9.17, 15) is 14.4 Å². The Bertz CT molecular complexity index is 1540. The number of aromatic nitrogens is 1. The van der Waals surface area contributed by atoms with Crippen molar-refractivity contribution in [3.05, 3.63) is 82.9 Å². The number of piperidine rings is 1. The van der Waals surface area contributed by atoms with Gasteiger partial charge in [0.25, 0.3) is 11.8 Å². The van der Waals surface area contributed by atoms with Gasteiger partial charge in [0.15, 0.2) is 4.34 Å². The lowest BCUT2D eigenvalue weighted by molar-refractivity contribution is -0.113. The fourth-order valence-corrected chi connectivity index (χ4v) is 6.47. The summed E-state index contributed by atoms with van der Waals surface area (Å²) in [6.07, 6.45) is 3.12. The summed E-state index contributed by atoms with van der Waals surface area (Å²) in [5, 5.41) is 5.92. The molecule has 39 heavy (non-hydrogen) atoms. The van der Waals surface area contributed by atoms with Crippen molar-refractivity contribution in [2.75, 3.05) is 29.5 Å². The number of nitrogens with one attached hydrogen (secondary N) is 2. The smallest absolute Gasteiger partial charge is 0.256 e. The van der Waals surface area contributed by atoms with Crippen LogP contribution >= 0.6 is 23.1 Å². The third-order valence-corrected chi connectivity index (χ3v) is 8.83. The number of thiazole rings is 1. The van der Waals surface area contributed by atoms with Gasteiger partial charge in [-0.2, -0.15) is 0 Å². The third-order valence-electron chi connectivity index (χ3n) is 6.67. The van der Waals surface area contributed by atoms with E-state index in [0.717, 1.165) is 63.7 Å². The van der Waals surface area contributed by atoms with Crippen LogP contribution in [0.1, 0.15) is 51.1 Å². The molecule has 3 amide bonds. The molecule has 1 aliphatic rings. The van der Waals surface area contributed by atoms with Gasteiger partial charge in [0.2, 0.25) is 5.91 Å². The van der Waals surface area contributed by atoms with Gasteiger partial charge in [0.05, 0.1) is 27.1 Å². The highest BCUT2D eigenvalue weighted by atomic mass is 32.2. The van der Waals surface area contributed by atoms with Gasteiger partial charge >= 0.3 is 0 Å². The molecule has 0 spiro atoms. The number of anilines is 2. The second-order valence-corrected chi connectivity index (χ2v) is 11.9. The van der Waals surface area contributed by atoms with Crippen molar-refractivity contribution in [2.24, 2.45) is 0 Å². The van der Waals surface area contributed by atoms with Gasteiger partial charge in [0.1, 0.15) is 0 Å². The largest absolute Gasteiger partial charge is 0.339 e. The number of carbonyl (C=O) groups is 3. The normalized spacial score (nSPS) is 13.3. The Morgan fingerprint density at radius 2 is 1.69 bits per heavy atom. The Morgan fingerprint density at radius 1 is 0.923 bits per heavy atom. The molecule has 1 aromatic heterocycles. The number of aryl methyl sites for hydroxylation is 2. The molecule has 200 valence electrons. The topological polar surface area (TPSA) is 91.4 Å². The summed E-state index contributed by atoms with van der Waals surface area (Å²) in [5.74, 6) is -0.253. The molecule has 1 aliphatic heterocycles. The molecular formula is C30H30N4O3S2. The van der Waals surface area contributed by atoms with Gasteiger partial charge in [-0.3, -0.25) is 14.4 Å². The first-order valence-corrected chi connectivity index (χ1v) is 14.8. The molecule has 0 unspecified atom stereocenters. The average molecular weight is 559 g/mol. The number of likely N-dealkylation sites (tertiary alicyclic amines) is 1. The van der Waals surface area contributed by atoms with Crippen LogP contribution in [0.15, 0.2) is 65.0 Å². The molecule has 0 bridgehead atoms. The molecule has 3 aromatic carbocycles. The number of nitrogens with zero attached hydrogens (tertiary/aromatic N) is 2. The van der Waals surface area contributed by atoms with E-state index < -0.39 is 0 Å². The highest BCUT2D eigenvalue weighted by Gasteiger charge is 2.23. The fraction of sp³-hybridized carbons (Fsp3) is 0.267. The first kappa shape index (κ1) is 26.9. The maximum atomic E-state index is 13.2. The summed E-state index contributed by atoms with van der Waals surface area (Å²) < 4.78 is 1.69. The summed E-state index contributed by atoms with van der Waals surface area (Å²) >= 11 is 2.86. The summed E-state index contributed by atoms with van der Waals surface area (Å²) in [4.78, 5) is 45.3. The molecule has 9 heteroatoms. The molecule has 2 heterocycles. The van der Waals surface area contributed by atoms with Crippen LogP contribution in [0.25, 0.3) is 10.2 Å². The lowest BCUT2D eigenvalue weighted by Crippen LogP contribution is -2.36. The molecule has 7 nitrogen and oxygen atoms in total. The number of amides is 3. The number of thioether (sulfide) groups is 1. The predicted octanol–water partition coefficient (Wildman–Crippen LogP) is 6.52. The van der Waals surface area contributed by atoms with Gasteiger partial charge in [-0.25, -0.2) is 4.98 Å². The predicted molar refractivity (Wildman–Crippen MR) is 159 cm³/mol. The summed E-state index contributed by atoms with van der Waals surface area (Å²) in [7, 11) is 0. The number of carbonyl (C=O) groups excluding carboxylic acids is 3. The minimum Gasteiger partial charge on any atom is -0.339 e. The van der Waals surface area contributed by atoms with Crippen molar-refractivity contribution in [3.63, 3.8) is 0 Å². The van der Waals surface area contributed by atoms with Crippen LogP contribution in [0.5, 0.6) is 0 Å². The zero-order valence-corrected chi connectivity index (χ0v) is 23.6. The van der Waals surface area contributed by atoms with E-state index in [2.05, 4.69) is 15.6 Å². The van der Waals surface area contributed by atoms with E-state index in [-0.39, 0.29) is 23.5 Å². The van der Waals surface area contributed by atoms with Crippen LogP contribution in [0.3, 0.4) is 0 Å². The molecule has 0 aliphatic carbocycles. The number of hydrogen-bond acceptors (Lipinski definition) is 6. The Labute approximate surface area is 236 Å². The second-order valence-electron chi connectivity index (χ2n) is 9.67. The van der Waals surface area contributed by atoms with Crippen LogP contribution in [0.2, 0.25) is 0 Å². The Hall–Kier alpha value is -3.69. The highest BCUT2D eigenvalue weighted by Crippen LogP contribution is 2.32. The van der Waals surface area contributed by atoms with Crippen molar-refractivity contribution in [2.45, 2.75) is 37.4 Å². The molecule has 4 aromatic rings. The van der Waals surface area contributed by atoms with E-state index in [0.29, 0.717) is 16.8 Å².